The Kier molecular flexibility index (Phi) is 4.20. The summed E-state index contributed by atoms with van der Waals surface area (Å²) in [7, 11) is 0. The highest BCUT2D eigenvalue weighted by atomic mass is 14.9. The maximum atomic E-state index is 6.11. The first-order valence-corrected chi connectivity index (χ1v) is 7.80. The molecule has 1 aliphatic carbocycles. The van der Waals surface area contributed by atoms with Gasteiger partial charge in [0.25, 0.3) is 0 Å². The molecular weight excluding hydrogens is 258 g/mol. The zero-order chi connectivity index (χ0) is 14.7. The monoisotopic (exact) mass is 281 g/mol. The third-order valence-electron chi connectivity index (χ3n) is 4.37. The first-order valence-electron chi connectivity index (χ1n) is 7.80. The fourth-order valence-electron chi connectivity index (χ4n) is 3.35. The van der Waals surface area contributed by atoms with E-state index in [0.29, 0.717) is 11.7 Å². The Morgan fingerprint density at radius 1 is 1.19 bits per heavy atom. The first kappa shape index (κ1) is 14.1. The smallest absolute Gasteiger partial charge is 0.128 e. The molecule has 110 valence electrons. The molecule has 2 aromatic rings. The van der Waals surface area contributed by atoms with Crippen LogP contribution in [-0.4, -0.2) is 11.5 Å². The topological polar surface area (TPSA) is 50.9 Å². The highest BCUT2D eigenvalue weighted by Crippen LogP contribution is 2.36. The predicted octanol–water partition coefficient (Wildman–Crippen LogP) is 3.12. The Balaban J connectivity index is 1.86. The maximum absolute atomic E-state index is 6.11. The van der Waals surface area contributed by atoms with Crippen LogP contribution >= 0.6 is 0 Å². The Morgan fingerprint density at radius 2 is 1.90 bits per heavy atom. The summed E-state index contributed by atoms with van der Waals surface area (Å²) in [4.78, 5) is 4.27. The molecular formula is C18H23N3. The number of rotatable bonds is 5. The molecule has 0 saturated heterocycles. The molecule has 3 nitrogen and oxygen atoms in total. The van der Waals surface area contributed by atoms with Crippen molar-refractivity contribution < 1.29 is 0 Å². The van der Waals surface area contributed by atoms with Crippen molar-refractivity contribution in [1.82, 2.24) is 10.3 Å². The highest BCUT2D eigenvalue weighted by Gasteiger charge is 2.30. The van der Waals surface area contributed by atoms with E-state index in [0.717, 1.165) is 31.4 Å². The van der Waals surface area contributed by atoms with Gasteiger partial charge in [0.05, 0.1) is 0 Å². The van der Waals surface area contributed by atoms with E-state index in [4.69, 9.17) is 5.73 Å². The molecule has 0 spiro atoms. The van der Waals surface area contributed by atoms with E-state index in [1.54, 1.807) is 6.20 Å². The lowest BCUT2D eigenvalue weighted by Crippen LogP contribution is -2.30. The lowest BCUT2D eigenvalue weighted by molar-refractivity contribution is 0.374. The zero-order valence-corrected chi connectivity index (χ0v) is 12.5. The van der Waals surface area contributed by atoms with Gasteiger partial charge in [-0.15, -0.1) is 0 Å². The number of benzene rings is 1. The van der Waals surface area contributed by atoms with Crippen LogP contribution in [0.2, 0.25) is 0 Å². The Labute approximate surface area is 126 Å². The van der Waals surface area contributed by atoms with Crippen molar-refractivity contribution in [2.75, 3.05) is 12.3 Å². The zero-order valence-electron chi connectivity index (χ0n) is 12.5. The number of aromatic nitrogens is 1. The van der Waals surface area contributed by atoms with Crippen molar-refractivity contribution in [3.8, 4) is 0 Å². The summed E-state index contributed by atoms with van der Waals surface area (Å²) in [6.07, 6.45) is 5.12. The number of nitrogens with zero attached hydrogens (tertiary/aromatic N) is 1. The second-order valence-corrected chi connectivity index (χ2v) is 5.85. The molecule has 0 bridgehead atoms. The van der Waals surface area contributed by atoms with Gasteiger partial charge in [0, 0.05) is 17.8 Å². The average Bonchev–Trinajstić information content (AvgIpc) is 2.93. The number of nitrogen functional groups attached to an aromatic ring is 1. The van der Waals surface area contributed by atoms with Gasteiger partial charge in [0.1, 0.15) is 5.82 Å². The van der Waals surface area contributed by atoms with Crippen LogP contribution < -0.4 is 11.1 Å². The van der Waals surface area contributed by atoms with Crippen molar-refractivity contribution in [1.29, 1.82) is 0 Å². The molecule has 0 amide bonds. The number of hydrogen-bond donors (Lipinski definition) is 2. The number of nitrogens with two attached hydrogens (primary N) is 1. The SMILES string of the molecule is CCCNC(c1cccnc1N)C1Cc2ccccc2C1. The van der Waals surface area contributed by atoms with E-state index in [9.17, 15) is 0 Å². The number of pyridine rings is 1. The molecule has 0 radical (unpaired) electrons. The number of anilines is 1. The van der Waals surface area contributed by atoms with Gasteiger partial charge in [0.2, 0.25) is 0 Å². The summed E-state index contributed by atoms with van der Waals surface area (Å²) in [5.74, 6) is 1.21. The van der Waals surface area contributed by atoms with Crippen molar-refractivity contribution in [2.24, 2.45) is 5.92 Å². The maximum Gasteiger partial charge on any atom is 0.128 e. The van der Waals surface area contributed by atoms with Crippen LogP contribution in [0.1, 0.15) is 36.1 Å². The molecule has 1 atom stereocenters. The van der Waals surface area contributed by atoms with E-state index in [1.165, 1.54) is 11.1 Å². The van der Waals surface area contributed by atoms with Crippen LogP contribution in [0.3, 0.4) is 0 Å². The van der Waals surface area contributed by atoms with Gasteiger partial charge in [-0.1, -0.05) is 37.3 Å². The summed E-state index contributed by atoms with van der Waals surface area (Å²) in [6, 6.07) is 13.1. The lowest BCUT2D eigenvalue weighted by atomic mass is 9.90. The molecule has 1 aliphatic rings. The highest BCUT2D eigenvalue weighted by molar-refractivity contribution is 5.43. The number of hydrogen-bond acceptors (Lipinski definition) is 3. The van der Waals surface area contributed by atoms with Crippen LogP contribution in [0.15, 0.2) is 42.6 Å². The standard InChI is InChI=1S/C18H23N3/c1-2-9-20-17(16-8-5-10-21-18(16)19)15-11-13-6-3-4-7-14(13)12-15/h3-8,10,15,17,20H,2,9,11-12H2,1H3,(H2,19,21). The second-order valence-electron chi connectivity index (χ2n) is 5.85. The summed E-state index contributed by atoms with van der Waals surface area (Å²) in [5.41, 5.74) is 10.2. The molecule has 0 aliphatic heterocycles. The molecule has 1 unspecified atom stereocenters. The van der Waals surface area contributed by atoms with Crippen LogP contribution in [0, 0.1) is 5.92 Å². The Bertz CT molecular complexity index is 584. The van der Waals surface area contributed by atoms with E-state index >= 15 is 0 Å². The normalized spacial score (nSPS) is 15.9. The minimum Gasteiger partial charge on any atom is -0.383 e. The average molecular weight is 281 g/mol. The summed E-state index contributed by atoms with van der Waals surface area (Å²) < 4.78 is 0. The Morgan fingerprint density at radius 3 is 2.52 bits per heavy atom. The van der Waals surface area contributed by atoms with Crippen LogP contribution in [-0.2, 0) is 12.8 Å². The van der Waals surface area contributed by atoms with E-state index in [2.05, 4.69) is 47.6 Å². The fourth-order valence-corrected chi connectivity index (χ4v) is 3.35. The van der Waals surface area contributed by atoms with Crippen molar-refractivity contribution in [3.05, 3.63) is 59.3 Å². The molecule has 0 saturated carbocycles. The van der Waals surface area contributed by atoms with Gasteiger partial charge in [-0.25, -0.2) is 4.98 Å². The van der Waals surface area contributed by atoms with E-state index < -0.39 is 0 Å². The predicted molar refractivity (Wildman–Crippen MR) is 87.0 cm³/mol. The van der Waals surface area contributed by atoms with Gasteiger partial charge in [0.15, 0.2) is 0 Å². The molecule has 3 N–H and O–H groups in total. The molecule has 0 fully saturated rings. The number of nitrogens with one attached hydrogen (secondary N) is 1. The third kappa shape index (κ3) is 2.93. The van der Waals surface area contributed by atoms with Crippen LogP contribution in [0.5, 0.6) is 0 Å². The molecule has 1 aromatic carbocycles. The minimum absolute atomic E-state index is 0.283. The molecule has 21 heavy (non-hydrogen) atoms. The minimum atomic E-state index is 0.283. The van der Waals surface area contributed by atoms with Crippen molar-refractivity contribution in [3.63, 3.8) is 0 Å². The summed E-state index contributed by atoms with van der Waals surface area (Å²) in [6.45, 7) is 3.20. The number of fused-ring (bicyclic) bond motifs is 1. The lowest BCUT2D eigenvalue weighted by Gasteiger charge is -2.26. The van der Waals surface area contributed by atoms with Gasteiger partial charge < -0.3 is 11.1 Å². The van der Waals surface area contributed by atoms with Gasteiger partial charge >= 0.3 is 0 Å². The third-order valence-corrected chi connectivity index (χ3v) is 4.37. The van der Waals surface area contributed by atoms with Gasteiger partial charge in [-0.05, 0) is 48.9 Å². The van der Waals surface area contributed by atoms with Crippen molar-refractivity contribution in [2.45, 2.75) is 32.2 Å². The van der Waals surface area contributed by atoms with Gasteiger partial charge in [-0.2, -0.15) is 0 Å². The molecule has 3 rings (SSSR count). The van der Waals surface area contributed by atoms with E-state index in [1.807, 2.05) is 6.07 Å². The van der Waals surface area contributed by atoms with Crippen molar-refractivity contribution >= 4 is 5.82 Å². The van der Waals surface area contributed by atoms with Crippen LogP contribution in [0.4, 0.5) is 5.82 Å². The Hall–Kier alpha value is -1.87. The molecule has 1 heterocycles. The molecule has 1 aromatic heterocycles. The first-order chi connectivity index (χ1) is 10.3. The summed E-state index contributed by atoms with van der Waals surface area (Å²) in [5, 5.41) is 3.68. The fraction of sp³-hybridized carbons (Fsp3) is 0.389. The summed E-state index contributed by atoms with van der Waals surface area (Å²) >= 11 is 0. The largest absolute Gasteiger partial charge is 0.383 e. The second kappa shape index (κ2) is 6.27. The molecule has 3 heteroatoms. The van der Waals surface area contributed by atoms with E-state index in [-0.39, 0.29) is 6.04 Å². The van der Waals surface area contributed by atoms with Crippen LogP contribution in [0.25, 0.3) is 0 Å². The van der Waals surface area contributed by atoms with Gasteiger partial charge in [-0.3, -0.25) is 0 Å². The quantitative estimate of drug-likeness (QED) is 0.885.